The number of carboxylic acid groups (broad SMARTS) is 1. The van der Waals surface area contributed by atoms with Gasteiger partial charge in [-0.25, -0.2) is 0 Å². The molecule has 1 unspecified atom stereocenters. The summed E-state index contributed by atoms with van der Waals surface area (Å²) in [5.74, 6) is -1.22. The van der Waals surface area contributed by atoms with Crippen LogP contribution >= 0.6 is 0 Å². The zero-order chi connectivity index (χ0) is 18.7. The molecule has 1 saturated carbocycles. The van der Waals surface area contributed by atoms with E-state index in [-0.39, 0.29) is 18.1 Å². The highest BCUT2D eigenvalue weighted by Gasteiger charge is 2.46. The maximum atomic E-state index is 12.1. The molecule has 25 heavy (non-hydrogen) atoms. The van der Waals surface area contributed by atoms with Crippen molar-refractivity contribution in [2.75, 3.05) is 6.61 Å². The van der Waals surface area contributed by atoms with Crippen LogP contribution in [-0.4, -0.2) is 29.8 Å². The Bertz CT molecular complexity index is 624. The molecule has 2 N–H and O–H groups in total. The van der Waals surface area contributed by atoms with Crippen molar-refractivity contribution in [1.29, 1.82) is 0 Å². The van der Waals surface area contributed by atoms with Gasteiger partial charge in [0.2, 0.25) is 5.91 Å². The summed E-state index contributed by atoms with van der Waals surface area (Å²) >= 11 is 0. The number of carbonyl (C=O) groups excluding carboxylic acids is 1. The predicted octanol–water partition coefficient (Wildman–Crippen LogP) is 3.45. The van der Waals surface area contributed by atoms with Gasteiger partial charge >= 0.3 is 12.1 Å². The van der Waals surface area contributed by atoms with Crippen LogP contribution in [0.4, 0.5) is 13.2 Å². The van der Waals surface area contributed by atoms with E-state index < -0.39 is 30.2 Å². The van der Waals surface area contributed by atoms with Crippen LogP contribution in [0.25, 0.3) is 0 Å². The molecule has 0 bridgehead atoms. The lowest BCUT2D eigenvalue weighted by Gasteiger charge is -2.37. The van der Waals surface area contributed by atoms with Gasteiger partial charge in [-0.1, -0.05) is 18.6 Å². The number of alkyl halides is 3. The van der Waals surface area contributed by atoms with Crippen LogP contribution in [0.2, 0.25) is 0 Å². The molecule has 8 heteroatoms. The van der Waals surface area contributed by atoms with E-state index in [1.807, 2.05) is 0 Å². The Hall–Kier alpha value is -2.25. The third-order valence-electron chi connectivity index (χ3n) is 4.42. The van der Waals surface area contributed by atoms with Crippen LogP contribution in [0.3, 0.4) is 0 Å². The Kier molecular flexibility index (Phi) is 5.59. The Morgan fingerprint density at radius 2 is 1.88 bits per heavy atom. The molecular formula is C17H20F3NO4. The number of carboxylic acids is 1. The van der Waals surface area contributed by atoms with E-state index >= 15 is 0 Å². The van der Waals surface area contributed by atoms with Crippen molar-refractivity contribution in [2.24, 2.45) is 5.41 Å². The normalized spacial score (nSPS) is 17.3. The second-order valence-corrected chi connectivity index (χ2v) is 6.38. The number of aliphatic carboxylic acids is 1. The van der Waals surface area contributed by atoms with Crippen LogP contribution in [0.1, 0.15) is 44.2 Å². The number of benzene rings is 1. The zero-order valence-electron chi connectivity index (χ0n) is 13.7. The van der Waals surface area contributed by atoms with Crippen molar-refractivity contribution in [2.45, 2.75) is 44.8 Å². The minimum absolute atomic E-state index is 0.0700. The molecule has 5 nitrogen and oxygen atoms in total. The first-order valence-electron chi connectivity index (χ1n) is 7.94. The van der Waals surface area contributed by atoms with Gasteiger partial charge in [-0.15, -0.1) is 0 Å². The minimum Gasteiger partial charge on any atom is -0.484 e. The van der Waals surface area contributed by atoms with E-state index in [1.54, 1.807) is 19.1 Å². The van der Waals surface area contributed by atoms with Gasteiger partial charge in [0.25, 0.3) is 0 Å². The van der Waals surface area contributed by atoms with Gasteiger partial charge in [-0.3, -0.25) is 9.59 Å². The van der Waals surface area contributed by atoms with Crippen molar-refractivity contribution in [3.63, 3.8) is 0 Å². The Labute approximate surface area is 143 Å². The maximum absolute atomic E-state index is 12.1. The Morgan fingerprint density at radius 1 is 1.28 bits per heavy atom. The van der Waals surface area contributed by atoms with Crippen molar-refractivity contribution in [1.82, 2.24) is 5.32 Å². The third-order valence-corrected chi connectivity index (χ3v) is 4.42. The smallest absolute Gasteiger partial charge is 0.422 e. The Balaban J connectivity index is 1.89. The van der Waals surface area contributed by atoms with E-state index in [4.69, 9.17) is 0 Å². The summed E-state index contributed by atoms with van der Waals surface area (Å²) in [5.41, 5.74) is -0.273. The quantitative estimate of drug-likeness (QED) is 0.782. The molecule has 1 aliphatic rings. The molecule has 0 aliphatic heterocycles. The van der Waals surface area contributed by atoms with Crippen LogP contribution in [0.15, 0.2) is 24.3 Å². The zero-order valence-corrected chi connectivity index (χ0v) is 13.7. The van der Waals surface area contributed by atoms with Gasteiger partial charge < -0.3 is 15.2 Å². The van der Waals surface area contributed by atoms with Crippen molar-refractivity contribution >= 4 is 11.9 Å². The average molecular weight is 359 g/mol. The maximum Gasteiger partial charge on any atom is 0.422 e. The second kappa shape index (κ2) is 7.33. The molecule has 0 radical (unpaired) electrons. The summed E-state index contributed by atoms with van der Waals surface area (Å²) in [4.78, 5) is 23.4. The summed E-state index contributed by atoms with van der Waals surface area (Å²) in [6.45, 7) is 0.355. The van der Waals surface area contributed by atoms with Crippen molar-refractivity contribution in [3.05, 3.63) is 29.8 Å². The average Bonchev–Trinajstić information content (AvgIpc) is 2.48. The van der Waals surface area contributed by atoms with E-state index in [2.05, 4.69) is 10.1 Å². The fourth-order valence-electron chi connectivity index (χ4n) is 2.77. The van der Waals surface area contributed by atoms with E-state index in [0.717, 1.165) is 6.42 Å². The van der Waals surface area contributed by atoms with Crippen LogP contribution in [0, 0.1) is 5.41 Å². The number of nitrogens with one attached hydrogen (secondary N) is 1. The molecule has 138 valence electrons. The topological polar surface area (TPSA) is 75.6 Å². The van der Waals surface area contributed by atoms with E-state index in [9.17, 15) is 27.9 Å². The second-order valence-electron chi connectivity index (χ2n) is 6.38. The molecule has 0 heterocycles. The van der Waals surface area contributed by atoms with Crippen molar-refractivity contribution in [3.8, 4) is 5.75 Å². The first-order chi connectivity index (χ1) is 11.6. The predicted molar refractivity (Wildman–Crippen MR) is 83.1 cm³/mol. The first-order valence-corrected chi connectivity index (χ1v) is 7.94. The molecule has 0 aromatic heterocycles. The molecule has 1 aromatic rings. The number of carbonyl (C=O) groups is 2. The van der Waals surface area contributed by atoms with Crippen LogP contribution < -0.4 is 10.1 Å². The largest absolute Gasteiger partial charge is 0.484 e. The summed E-state index contributed by atoms with van der Waals surface area (Å²) < 4.78 is 40.9. The van der Waals surface area contributed by atoms with Gasteiger partial charge in [0.05, 0.1) is 11.5 Å². The molecular weight excluding hydrogens is 339 g/mol. The summed E-state index contributed by atoms with van der Waals surface area (Å²) in [6.07, 6.45) is -2.68. The minimum atomic E-state index is -4.40. The lowest BCUT2D eigenvalue weighted by atomic mass is 9.66. The van der Waals surface area contributed by atoms with E-state index in [1.165, 1.54) is 12.1 Å². The highest BCUT2D eigenvalue weighted by Crippen LogP contribution is 2.44. The SMILES string of the molecule is CC(NC(=O)CC1(C(=O)O)CCC1)c1ccc(OCC(F)(F)F)cc1. The van der Waals surface area contributed by atoms with Crippen molar-refractivity contribution < 1.29 is 32.6 Å². The monoisotopic (exact) mass is 359 g/mol. The molecule has 1 atom stereocenters. The third kappa shape index (κ3) is 5.11. The molecule has 0 saturated heterocycles. The standard InChI is InChI=1S/C17H20F3NO4/c1-11(21-14(22)9-16(15(23)24)7-2-8-16)12-3-5-13(6-4-12)25-10-17(18,19)20/h3-6,11H,2,7-10H2,1H3,(H,21,22)(H,23,24). The van der Waals surface area contributed by atoms with Crippen LogP contribution in [0.5, 0.6) is 5.75 Å². The molecule has 1 aliphatic carbocycles. The number of hydrogen-bond acceptors (Lipinski definition) is 3. The molecule has 1 aromatic carbocycles. The molecule has 1 amide bonds. The number of rotatable bonds is 7. The summed E-state index contributed by atoms with van der Waals surface area (Å²) in [6, 6.07) is 5.53. The Morgan fingerprint density at radius 3 is 2.32 bits per heavy atom. The van der Waals surface area contributed by atoms with E-state index in [0.29, 0.717) is 18.4 Å². The van der Waals surface area contributed by atoms with Gasteiger partial charge in [0.15, 0.2) is 6.61 Å². The highest BCUT2D eigenvalue weighted by atomic mass is 19.4. The first kappa shape index (κ1) is 19.1. The van der Waals surface area contributed by atoms with Gasteiger partial charge in [0.1, 0.15) is 5.75 Å². The summed E-state index contributed by atoms with van der Waals surface area (Å²) in [7, 11) is 0. The lowest BCUT2D eigenvalue weighted by molar-refractivity contribution is -0.157. The van der Waals surface area contributed by atoms with Gasteiger partial charge in [-0.2, -0.15) is 13.2 Å². The fourth-order valence-corrected chi connectivity index (χ4v) is 2.77. The molecule has 1 fully saturated rings. The lowest BCUT2D eigenvalue weighted by Crippen LogP contribution is -2.43. The molecule has 2 rings (SSSR count). The number of amides is 1. The van der Waals surface area contributed by atoms with Gasteiger partial charge in [-0.05, 0) is 37.5 Å². The fraction of sp³-hybridized carbons (Fsp3) is 0.529. The number of ether oxygens (including phenoxy) is 1. The van der Waals surface area contributed by atoms with Gasteiger partial charge in [0, 0.05) is 6.42 Å². The van der Waals surface area contributed by atoms with Crippen LogP contribution in [-0.2, 0) is 9.59 Å². The summed E-state index contributed by atoms with van der Waals surface area (Å²) in [5, 5.41) is 12.0. The number of hydrogen-bond donors (Lipinski definition) is 2. The number of halogens is 3. The highest BCUT2D eigenvalue weighted by molar-refractivity contribution is 5.85. The molecule has 0 spiro atoms.